The molecule has 0 bridgehead atoms. The van der Waals surface area contributed by atoms with Crippen LogP contribution in [0.25, 0.3) is 0 Å². The molecule has 1 aromatic carbocycles. The fourth-order valence-corrected chi connectivity index (χ4v) is 2.17. The molecule has 0 spiro atoms. The number of alkyl halides is 3. The smallest absolute Gasteiger partial charge is 0.392 e. The first-order chi connectivity index (χ1) is 9.38. The van der Waals surface area contributed by atoms with E-state index < -0.39 is 29.8 Å². The quantitative estimate of drug-likeness (QED) is 0.779. The molecule has 2 rings (SSSR count). The molecule has 1 fully saturated rings. The van der Waals surface area contributed by atoms with E-state index in [-0.39, 0.29) is 18.5 Å². The molecule has 1 aromatic rings. The first-order valence-corrected chi connectivity index (χ1v) is 6.22. The lowest BCUT2D eigenvalue weighted by Crippen LogP contribution is -2.40. The molecule has 7 heteroatoms. The van der Waals surface area contributed by atoms with Crippen molar-refractivity contribution in [3.8, 4) is 0 Å². The van der Waals surface area contributed by atoms with Crippen LogP contribution in [-0.2, 0) is 17.5 Å². The van der Waals surface area contributed by atoms with Crippen LogP contribution in [0.5, 0.6) is 0 Å². The molecule has 2 unspecified atom stereocenters. The molecule has 0 saturated carbocycles. The lowest BCUT2D eigenvalue weighted by atomic mass is 10.1. The van der Waals surface area contributed by atoms with Crippen LogP contribution in [0, 0.1) is 0 Å². The second-order valence-corrected chi connectivity index (χ2v) is 4.72. The highest BCUT2D eigenvalue weighted by Gasteiger charge is 2.33. The molecular formula is C13H15F3N2O2. The van der Waals surface area contributed by atoms with Crippen molar-refractivity contribution in [3.63, 3.8) is 0 Å². The summed E-state index contributed by atoms with van der Waals surface area (Å²) in [5, 5.41) is 14.6. The predicted octanol–water partition coefficient (Wildman–Crippen LogP) is 1.04. The molecule has 1 saturated heterocycles. The Hall–Kier alpha value is -1.60. The third-order valence-corrected chi connectivity index (χ3v) is 3.20. The van der Waals surface area contributed by atoms with Crippen LogP contribution in [0.2, 0.25) is 0 Å². The van der Waals surface area contributed by atoms with Crippen LogP contribution in [0.15, 0.2) is 24.3 Å². The predicted molar refractivity (Wildman–Crippen MR) is 65.7 cm³/mol. The number of benzene rings is 1. The lowest BCUT2D eigenvalue weighted by molar-refractivity contribution is -0.138. The van der Waals surface area contributed by atoms with E-state index in [1.807, 2.05) is 0 Å². The number of hydrogen-bond donors (Lipinski definition) is 3. The summed E-state index contributed by atoms with van der Waals surface area (Å²) in [5.74, 6) is -0.404. The van der Waals surface area contributed by atoms with Crippen molar-refractivity contribution in [1.82, 2.24) is 10.6 Å². The molecule has 1 aliphatic rings. The van der Waals surface area contributed by atoms with Gasteiger partial charge in [-0.2, -0.15) is 13.2 Å². The van der Waals surface area contributed by atoms with Gasteiger partial charge in [-0.05, 0) is 18.1 Å². The van der Waals surface area contributed by atoms with Gasteiger partial charge in [0.15, 0.2) is 0 Å². The van der Waals surface area contributed by atoms with E-state index >= 15 is 0 Å². The number of carbonyl (C=O) groups excluding carboxylic acids is 1. The van der Waals surface area contributed by atoms with Crippen molar-refractivity contribution < 1.29 is 23.1 Å². The molecule has 2 atom stereocenters. The summed E-state index contributed by atoms with van der Waals surface area (Å²) < 4.78 is 38.3. The van der Waals surface area contributed by atoms with Gasteiger partial charge < -0.3 is 15.7 Å². The lowest BCUT2D eigenvalue weighted by Gasteiger charge is -2.15. The summed E-state index contributed by atoms with van der Waals surface area (Å²) in [6.45, 7) is 0.125. The van der Waals surface area contributed by atoms with Gasteiger partial charge in [0, 0.05) is 13.1 Å². The normalized spacial score (nSPS) is 22.8. The number of halogens is 3. The van der Waals surface area contributed by atoms with E-state index in [1.54, 1.807) is 0 Å². The van der Waals surface area contributed by atoms with Crippen molar-refractivity contribution in [1.29, 1.82) is 0 Å². The van der Waals surface area contributed by atoms with Crippen LogP contribution in [-0.4, -0.2) is 29.7 Å². The van der Waals surface area contributed by atoms with Crippen molar-refractivity contribution in [3.05, 3.63) is 35.4 Å². The largest absolute Gasteiger partial charge is 0.416 e. The van der Waals surface area contributed by atoms with Crippen LogP contribution < -0.4 is 10.6 Å². The second-order valence-electron chi connectivity index (χ2n) is 4.72. The van der Waals surface area contributed by atoms with Gasteiger partial charge in [0.05, 0.1) is 17.7 Å². The first kappa shape index (κ1) is 14.8. The van der Waals surface area contributed by atoms with Crippen LogP contribution in [0.3, 0.4) is 0 Å². The Balaban J connectivity index is 1.99. The van der Waals surface area contributed by atoms with Crippen molar-refractivity contribution in [2.24, 2.45) is 0 Å². The maximum Gasteiger partial charge on any atom is 0.416 e. The maximum absolute atomic E-state index is 12.8. The minimum Gasteiger partial charge on any atom is -0.392 e. The van der Waals surface area contributed by atoms with E-state index in [4.69, 9.17) is 0 Å². The molecule has 1 aliphatic heterocycles. The summed E-state index contributed by atoms with van der Waals surface area (Å²) in [6.07, 6.45) is -4.76. The van der Waals surface area contributed by atoms with Gasteiger partial charge in [-0.3, -0.25) is 4.79 Å². The van der Waals surface area contributed by atoms with Gasteiger partial charge >= 0.3 is 6.18 Å². The molecular weight excluding hydrogens is 273 g/mol. The Morgan fingerprint density at radius 2 is 2.10 bits per heavy atom. The molecule has 4 nitrogen and oxygen atoms in total. The fraction of sp³-hybridized carbons (Fsp3) is 0.462. The van der Waals surface area contributed by atoms with E-state index in [0.717, 1.165) is 6.07 Å². The zero-order chi connectivity index (χ0) is 14.8. The average Bonchev–Trinajstić information content (AvgIpc) is 2.82. The highest BCUT2D eigenvalue weighted by Crippen LogP contribution is 2.31. The zero-order valence-corrected chi connectivity index (χ0v) is 10.6. The Morgan fingerprint density at radius 3 is 2.70 bits per heavy atom. The summed E-state index contributed by atoms with van der Waals surface area (Å²) in [6, 6.07) is 4.57. The van der Waals surface area contributed by atoms with Crippen molar-refractivity contribution in [2.45, 2.75) is 31.3 Å². The molecule has 1 amide bonds. The number of aliphatic hydroxyl groups excluding tert-OH is 1. The number of nitrogens with one attached hydrogen (secondary N) is 2. The monoisotopic (exact) mass is 288 g/mol. The topological polar surface area (TPSA) is 61.4 Å². The van der Waals surface area contributed by atoms with Crippen molar-refractivity contribution >= 4 is 5.91 Å². The maximum atomic E-state index is 12.8. The Morgan fingerprint density at radius 1 is 1.40 bits per heavy atom. The number of carbonyl (C=O) groups is 1. The summed E-state index contributed by atoms with van der Waals surface area (Å²) in [4.78, 5) is 11.8. The number of aliphatic hydroxyl groups is 1. The van der Waals surface area contributed by atoms with Crippen molar-refractivity contribution in [2.75, 3.05) is 6.54 Å². The molecule has 3 N–H and O–H groups in total. The third kappa shape index (κ3) is 3.49. The number of amides is 1. The average molecular weight is 288 g/mol. The SMILES string of the molecule is O=C(NCc1ccccc1C(F)(F)F)C1CC(O)CN1. The molecule has 0 radical (unpaired) electrons. The first-order valence-electron chi connectivity index (χ1n) is 6.22. The molecule has 110 valence electrons. The van der Waals surface area contributed by atoms with E-state index in [0.29, 0.717) is 6.54 Å². The second kappa shape index (κ2) is 5.80. The molecule has 1 heterocycles. The standard InChI is InChI=1S/C13H15F3N2O2/c14-13(15,16)10-4-2-1-3-8(10)6-18-12(20)11-5-9(19)7-17-11/h1-4,9,11,17,19H,5-7H2,(H,18,20). The Labute approximate surface area is 114 Å². The van der Waals surface area contributed by atoms with E-state index in [1.165, 1.54) is 18.2 Å². The van der Waals surface area contributed by atoms with Gasteiger partial charge in [-0.1, -0.05) is 18.2 Å². The highest BCUT2D eigenvalue weighted by atomic mass is 19.4. The van der Waals surface area contributed by atoms with Crippen LogP contribution in [0.1, 0.15) is 17.5 Å². The highest BCUT2D eigenvalue weighted by molar-refractivity contribution is 5.82. The van der Waals surface area contributed by atoms with Gasteiger partial charge in [0.25, 0.3) is 0 Å². The zero-order valence-electron chi connectivity index (χ0n) is 10.6. The van der Waals surface area contributed by atoms with Gasteiger partial charge in [0.1, 0.15) is 0 Å². The molecule has 20 heavy (non-hydrogen) atoms. The minimum atomic E-state index is -4.44. The fourth-order valence-electron chi connectivity index (χ4n) is 2.17. The number of rotatable bonds is 3. The Bertz CT molecular complexity index is 491. The Kier molecular flexibility index (Phi) is 4.29. The summed E-state index contributed by atoms with van der Waals surface area (Å²) in [5.41, 5.74) is -0.730. The van der Waals surface area contributed by atoms with Gasteiger partial charge in [-0.15, -0.1) is 0 Å². The number of β-amino-alcohol motifs (C(OH)–C–C–N with tert-alkyl or cyclic N) is 1. The van der Waals surface area contributed by atoms with E-state index in [9.17, 15) is 23.1 Å². The van der Waals surface area contributed by atoms with Gasteiger partial charge in [-0.25, -0.2) is 0 Å². The molecule has 0 aliphatic carbocycles. The summed E-state index contributed by atoms with van der Waals surface area (Å²) >= 11 is 0. The third-order valence-electron chi connectivity index (χ3n) is 3.20. The van der Waals surface area contributed by atoms with Crippen LogP contribution in [0.4, 0.5) is 13.2 Å². The molecule has 0 aromatic heterocycles. The van der Waals surface area contributed by atoms with Crippen LogP contribution >= 0.6 is 0 Å². The van der Waals surface area contributed by atoms with Gasteiger partial charge in [0.2, 0.25) is 5.91 Å². The summed E-state index contributed by atoms with van der Waals surface area (Å²) in [7, 11) is 0. The minimum absolute atomic E-state index is 0.0203. The van der Waals surface area contributed by atoms with E-state index in [2.05, 4.69) is 10.6 Å². The number of hydrogen-bond acceptors (Lipinski definition) is 3.